The van der Waals surface area contributed by atoms with E-state index in [2.05, 4.69) is 34.3 Å². The summed E-state index contributed by atoms with van der Waals surface area (Å²) in [4.78, 5) is 28.7. The van der Waals surface area contributed by atoms with E-state index in [0.717, 1.165) is 12.2 Å². The van der Waals surface area contributed by atoms with E-state index in [1.54, 1.807) is 31.6 Å². The number of H-pyrrole nitrogens is 1. The number of nitrogens with zero attached hydrogens (tertiary/aromatic N) is 3. The average molecular weight is 353 g/mol. The number of rotatable bonds is 6. The molecule has 0 radical (unpaired) electrons. The van der Waals surface area contributed by atoms with Crippen molar-refractivity contribution in [1.82, 2.24) is 25.1 Å². The Bertz CT molecular complexity index is 973. The lowest BCUT2D eigenvalue weighted by molar-refractivity contribution is -0.122. The van der Waals surface area contributed by atoms with Gasteiger partial charge in [-0.1, -0.05) is 32.0 Å². The Balaban J connectivity index is 1.76. The molecule has 0 fully saturated rings. The fraction of sp³-hybridized carbons (Fsp3) is 0.368. The highest BCUT2D eigenvalue weighted by molar-refractivity contribution is 5.90. The summed E-state index contributed by atoms with van der Waals surface area (Å²) in [7, 11) is 0. The van der Waals surface area contributed by atoms with Crippen molar-refractivity contribution in [2.75, 3.05) is 0 Å². The van der Waals surface area contributed by atoms with E-state index in [1.807, 2.05) is 16.7 Å². The number of carbonyl (C=O) groups excluding carboxylic acids is 1. The molecule has 1 aromatic carbocycles. The molecule has 136 valence electrons. The lowest BCUT2D eigenvalue weighted by Gasteiger charge is -2.15. The fourth-order valence-electron chi connectivity index (χ4n) is 2.97. The van der Waals surface area contributed by atoms with Gasteiger partial charge in [-0.05, 0) is 18.9 Å². The van der Waals surface area contributed by atoms with E-state index in [9.17, 15) is 9.59 Å². The highest BCUT2D eigenvalue weighted by Crippen LogP contribution is 2.21. The number of benzene rings is 1. The van der Waals surface area contributed by atoms with Gasteiger partial charge in [0.05, 0.1) is 35.6 Å². The number of imidazole rings is 1. The molecule has 0 saturated heterocycles. The van der Waals surface area contributed by atoms with Crippen molar-refractivity contribution >= 4 is 16.7 Å². The quantitative estimate of drug-likeness (QED) is 0.710. The minimum Gasteiger partial charge on any atom is -0.350 e. The SMILES string of the molecule is CC(C)Cn1cncc1CNC(=O)[C@@H](C)c1n[nH]c(=O)c2ccccc12. The molecule has 26 heavy (non-hydrogen) atoms. The van der Waals surface area contributed by atoms with Crippen molar-refractivity contribution in [2.45, 2.75) is 39.8 Å². The molecule has 7 heteroatoms. The molecule has 7 nitrogen and oxygen atoms in total. The predicted molar refractivity (Wildman–Crippen MR) is 99.7 cm³/mol. The van der Waals surface area contributed by atoms with E-state index in [4.69, 9.17) is 0 Å². The van der Waals surface area contributed by atoms with Crippen LogP contribution in [0.25, 0.3) is 10.8 Å². The van der Waals surface area contributed by atoms with Crippen LogP contribution in [0.3, 0.4) is 0 Å². The zero-order valence-electron chi connectivity index (χ0n) is 15.2. The lowest BCUT2D eigenvalue weighted by Crippen LogP contribution is -2.29. The first-order chi connectivity index (χ1) is 12.5. The second-order valence-corrected chi connectivity index (χ2v) is 6.85. The topological polar surface area (TPSA) is 92.7 Å². The monoisotopic (exact) mass is 353 g/mol. The van der Waals surface area contributed by atoms with E-state index in [-0.39, 0.29) is 11.5 Å². The van der Waals surface area contributed by atoms with Crippen molar-refractivity contribution in [3.05, 3.63) is 58.5 Å². The standard InChI is InChI=1S/C19H23N5O2/c1-12(2)10-24-11-20-8-14(24)9-21-18(25)13(3)17-15-6-4-5-7-16(15)19(26)23-22-17/h4-8,11-13H,9-10H2,1-3H3,(H,21,25)(H,23,26)/t13-/m0/s1. The maximum absolute atomic E-state index is 12.6. The molecular formula is C19H23N5O2. The molecular weight excluding hydrogens is 330 g/mol. The van der Waals surface area contributed by atoms with Gasteiger partial charge in [0.15, 0.2) is 0 Å². The van der Waals surface area contributed by atoms with Crippen LogP contribution in [0.1, 0.15) is 38.1 Å². The first-order valence-electron chi connectivity index (χ1n) is 8.71. The average Bonchev–Trinajstić information content (AvgIpc) is 3.06. The first-order valence-corrected chi connectivity index (χ1v) is 8.71. The molecule has 1 atom stereocenters. The second-order valence-electron chi connectivity index (χ2n) is 6.85. The van der Waals surface area contributed by atoms with Crippen molar-refractivity contribution < 1.29 is 4.79 Å². The van der Waals surface area contributed by atoms with Gasteiger partial charge in [-0.25, -0.2) is 10.1 Å². The van der Waals surface area contributed by atoms with E-state index >= 15 is 0 Å². The van der Waals surface area contributed by atoms with Crippen molar-refractivity contribution in [3.8, 4) is 0 Å². The number of hydrogen-bond donors (Lipinski definition) is 2. The number of nitrogens with one attached hydrogen (secondary N) is 2. The summed E-state index contributed by atoms with van der Waals surface area (Å²) in [6, 6.07) is 7.17. The van der Waals surface area contributed by atoms with Crippen LogP contribution < -0.4 is 10.9 Å². The summed E-state index contributed by atoms with van der Waals surface area (Å²) in [5, 5.41) is 10.8. The Morgan fingerprint density at radius 3 is 2.69 bits per heavy atom. The Morgan fingerprint density at radius 1 is 1.23 bits per heavy atom. The highest BCUT2D eigenvalue weighted by Gasteiger charge is 2.20. The minimum atomic E-state index is -0.488. The predicted octanol–water partition coefficient (Wildman–Crippen LogP) is 2.20. The van der Waals surface area contributed by atoms with Gasteiger partial charge in [0.2, 0.25) is 5.91 Å². The highest BCUT2D eigenvalue weighted by atomic mass is 16.2. The third-order valence-electron chi connectivity index (χ3n) is 4.33. The largest absolute Gasteiger partial charge is 0.350 e. The molecule has 3 aromatic rings. The summed E-state index contributed by atoms with van der Waals surface area (Å²) >= 11 is 0. The summed E-state index contributed by atoms with van der Waals surface area (Å²) in [5.74, 6) is -0.139. The van der Waals surface area contributed by atoms with Gasteiger partial charge in [0.25, 0.3) is 5.56 Å². The minimum absolute atomic E-state index is 0.146. The van der Waals surface area contributed by atoms with Crippen LogP contribution in [0.15, 0.2) is 41.6 Å². The Kier molecular flexibility index (Phi) is 5.16. The molecule has 1 amide bonds. The third kappa shape index (κ3) is 3.66. The van der Waals surface area contributed by atoms with Gasteiger partial charge >= 0.3 is 0 Å². The number of carbonyl (C=O) groups is 1. The van der Waals surface area contributed by atoms with Gasteiger partial charge < -0.3 is 9.88 Å². The van der Waals surface area contributed by atoms with Crippen LogP contribution >= 0.6 is 0 Å². The van der Waals surface area contributed by atoms with Crippen molar-refractivity contribution in [1.29, 1.82) is 0 Å². The molecule has 0 aliphatic heterocycles. The molecule has 3 rings (SSSR count). The van der Waals surface area contributed by atoms with Crippen molar-refractivity contribution in [3.63, 3.8) is 0 Å². The van der Waals surface area contributed by atoms with Gasteiger partial charge in [-0.3, -0.25) is 9.59 Å². The van der Waals surface area contributed by atoms with Crippen LogP contribution in [0.2, 0.25) is 0 Å². The molecule has 2 N–H and O–H groups in total. The molecule has 0 aliphatic rings. The fourth-order valence-corrected chi connectivity index (χ4v) is 2.97. The molecule has 2 aromatic heterocycles. The molecule has 0 spiro atoms. The number of amides is 1. The smallest absolute Gasteiger partial charge is 0.272 e. The van der Waals surface area contributed by atoms with Crippen LogP contribution in [0.4, 0.5) is 0 Å². The van der Waals surface area contributed by atoms with Crippen LogP contribution in [-0.4, -0.2) is 25.7 Å². The van der Waals surface area contributed by atoms with E-state index in [0.29, 0.717) is 28.9 Å². The molecule has 0 saturated carbocycles. The maximum atomic E-state index is 12.6. The van der Waals surface area contributed by atoms with Crippen LogP contribution in [0.5, 0.6) is 0 Å². The number of fused-ring (bicyclic) bond motifs is 1. The zero-order chi connectivity index (χ0) is 18.7. The first kappa shape index (κ1) is 17.8. The molecule has 2 heterocycles. The normalized spacial score (nSPS) is 12.5. The summed E-state index contributed by atoms with van der Waals surface area (Å²) in [6.07, 6.45) is 3.54. The van der Waals surface area contributed by atoms with Crippen LogP contribution in [-0.2, 0) is 17.9 Å². The molecule has 0 aliphatic carbocycles. The summed E-state index contributed by atoms with van der Waals surface area (Å²) in [5.41, 5.74) is 1.27. The van der Waals surface area contributed by atoms with Gasteiger partial charge in [-0.2, -0.15) is 5.10 Å². The van der Waals surface area contributed by atoms with Crippen molar-refractivity contribution in [2.24, 2.45) is 5.92 Å². The Morgan fingerprint density at radius 2 is 1.96 bits per heavy atom. The number of aromatic amines is 1. The Hall–Kier alpha value is -2.96. The second kappa shape index (κ2) is 7.51. The molecule has 0 unspecified atom stereocenters. The Labute approximate surface area is 151 Å². The van der Waals surface area contributed by atoms with Gasteiger partial charge in [0.1, 0.15) is 0 Å². The number of hydrogen-bond acceptors (Lipinski definition) is 4. The van der Waals surface area contributed by atoms with Gasteiger partial charge in [0, 0.05) is 18.1 Å². The summed E-state index contributed by atoms with van der Waals surface area (Å²) < 4.78 is 2.04. The lowest BCUT2D eigenvalue weighted by atomic mass is 10.0. The maximum Gasteiger partial charge on any atom is 0.272 e. The third-order valence-corrected chi connectivity index (χ3v) is 4.33. The van der Waals surface area contributed by atoms with Crippen LogP contribution in [0, 0.1) is 5.92 Å². The molecule has 0 bridgehead atoms. The number of aromatic nitrogens is 4. The summed E-state index contributed by atoms with van der Waals surface area (Å²) in [6.45, 7) is 7.31. The van der Waals surface area contributed by atoms with E-state index in [1.165, 1.54) is 0 Å². The van der Waals surface area contributed by atoms with E-state index < -0.39 is 5.92 Å². The zero-order valence-corrected chi connectivity index (χ0v) is 15.2. The van der Waals surface area contributed by atoms with Gasteiger partial charge in [-0.15, -0.1) is 0 Å².